The van der Waals surface area contributed by atoms with Gasteiger partial charge in [0.1, 0.15) is 0 Å². The molecule has 0 aliphatic heterocycles. The Morgan fingerprint density at radius 3 is 1.46 bits per heavy atom. The Balaban J connectivity index is 0.971. The summed E-state index contributed by atoms with van der Waals surface area (Å²) in [5, 5.41) is 7.43. The van der Waals surface area contributed by atoms with Gasteiger partial charge in [-0.3, -0.25) is 0 Å². The van der Waals surface area contributed by atoms with Crippen LogP contribution in [0.25, 0.3) is 88.0 Å². The SMILES string of the molecule is CC1(c2ccccc2)c2ccccc2-c2ccc(N(c3ccc(-c4ccc5c(c4)c(-c4ccccc4)c(-c4ccccc4)c4ccccc45)cc3)c3ccc4cc(-c5ccccc5)ccc4c3)cc21. The first kappa shape index (κ1) is 40.5. The molecule has 0 heterocycles. The smallest absolute Gasteiger partial charge is 0.0468 e. The molecule has 1 aliphatic carbocycles. The van der Waals surface area contributed by atoms with E-state index in [0.29, 0.717) is 0 Å². The summed E-state index contributed by atoms with van der Waals surface area (Å²) in [6, 6.07) is 98.4. The van der Waals surface area contributed by atoms with Gasteiger partial charge < -0.3 is 4.90 Å². The van der Waals surface area contributed by atoms with Gasteiger partial charge in [-0.2, -0.15) is 0 Å². The number of hydrogen-bond acceptors (Lipinski definition) is 1. The minimum Gasteiger partial charge on any atom is -0.310 e. The van der Waals surface area contributed by atoms with Gasteiger partial charge in [0, 0.05) is 22.5 Å². The van der Waals surface area contributed by atoms with Crippen LogP contribution in [0.2, 0.25) is 0 Å². The minimum atomic E-state index is -0.323. The quantitative estimate of drug-likeness (QED) is 0.138. The summed E-state index contributed by atoms with van der Waals surface area (Å²) in [6.45, 7) is 2.40. The highest BCUT2D eigenvalue weighted by atomic mass is 15.1. The number of benzene rings is 12. The van der Waals surface area contributed by atoms with Gasteiger partial charge in [0.2, 0.25) is 0 Å². The van der Waals surface area contributed by atoms with E-state index < -0.39 is 0 Å². The largest absolute Gasteiger partial charge is 0.310 e. The standard InChI is InChI=1S/C68H47N/c1-68(54-24-12-5-13-25-54)64-29-17-16-27-60(64)61-41-39-57(45-65(61)68)69(56-38-34-51-42-50(30-31-52(51)43-56)46-18-6-2-7-19-46)55-36-32-47(33-37-55)53-35-40-59-58-26-14-15-28-62(58)66(48-20-8-3-9-21-48)67(63(59)44-53)49-22-10-4-11-23-49/h2-45H,1H3. The second kappa shape index (κ2) is 16.5. The van der Waals surface area contributed by atoms with Gasteiger partial charge in [-0.1, -0.05) is 218 Å². The molecule has 0 bridgehead atoms. The lowest BCUT2D eigenvalue weighted by Gasteiger charge is -2.31. The number of hydrogen-bond donors (Lipinski definition) is 0. The van der Waals surface area contributed by atoms with Crippen molar-refractivity contribution in [2.75, 3.05) is 4.90 Å². The first-order valence-electron chi connectivity index (χ1n) is 24.0. The normalized spacial score (nSPS) is 13.9. The molecule has 0 N–H and O–H groups in total. The van der Waals surface area contributed by atoms with Gasteiger partial charge in [0.25, 0.3) is 0 Å². The number of anilines is 3. The van der Waals surface area contributed by atoms with Crippen LogP contribution in [0, 0.1) is 0 Å². The van der Waals surface area contributed by atoms with Gasteiger partial charge in [-0.15, -0.1) is 0 Å². The maximum Gasteiger partial charge on any atom is 0.0468 e. The predicted octanol–water partition coefficient (Wildman–Crippen LogP) is 18.6. The highest BCUT2D eigenvalue weighted by Crippen LogP contribution is 2.54. The zero-order valence-electron chi connectivity index (χ0n) is 38.4. The van der Waals surface area contributed by atoms with Crippen LogP contribution in [-0.4, -0.2) is 0 Å². The molecule has 1 atom stereocenters. The third kappa shape index (κ3) is 6.77. The van der Waals surface area contributed by atoms with Crippen molar-refractivity contribution >= 4 is 49.4 Å². The lowest BCUT2D eigenvalue weighted by atomic mass is 9.74. The van der Waals surface area contributed by atoms with E-state index in [2.05, 4.69) is 279 Å². The van der Waals surface area contributed by atoms with Crippen molar-refractivity contribution in [3.8, 4) is 55.6 Å². The van der Waals surface area contributed by atoms with E-state index in [0.717, 1.165) is 17.1 Å². The fraction of sp³-hybridized carbons (Fsp3) is 0.0294. The van der Waals surface area contributed by atoms with Crippen molar-refractivity contribution in [1.82, 2.24) is 0 Å². The van der Waals surface area contributed by atoms with Crippen LogP contribution in [0.4, 0.5) is 17.1 Å². The van der Waals surface area contributed by atoms with Crippen molar-refractivity contribution in [1.29, 1.82) is 0 Å². The average molecular weight is 878 g/mol. The molecule has 69 heavy (non-hydrogen) atoms. The zero-order valence-corrected chi connectivity index (χ0v) is 38.4. The van der Waals surface area contributed by atoms with Crippen LogP contribution in [-0.2, 0) is 5.41 Å². The maximum atomic E-state index is 2.45. The van der Waals surface area contributed by atoms with Crippen molar-refractivity contribution < 1.29 is 0 Å². The fourth-order valence-corrected chi connectivity index (χ4v) is 11.3. The number of fused-ring (bicyclic) bond motifs is 7. The molecule has 1 aliphatic rings. The van der Waals surface area contributed by atoms with Crippen molar-refractivity contribution in [2.45, 2.75) is 12.3 Å². The number of nitrogens with zero attached hydrogens (tertiary/aromatic N) is 1. The second-order valence-corrected chi connectivity index (χ2v) is 18.5. The van der Waals surface area contributed by atoms with Gasteiger partial charge in [0.15, 0.2) is 0 Å². The average Bonchev–Trinajstić information content (AvgIpc) is 3.69. The molecule has 0 fully saturated rings. The molecule has 324 valence electrons. The van der Waals surface area contributed by atoms with Gasteiger partial charge >= 0.3 is 0 Å². The van der Waals surface area contributed by atoms with E-state index in [9.17, 15) is 0 Å². The van der Waals surface area contributed by atoms with E-state index >= 15 is 0 Å². The Morgan fingerprint density at radius 1 is 0.275 bits per heavy atom. The van der Waals surface area contributed by atoms with Crippen LogP contribution in [0.5, 0.6) is 0 Å². The van der Waals surface area contributed by atoms with Crippen molar-refractivity contribution in [3.63, 3.8) is 0 Å². The molecule has 1 heteroatoms. The van der Waals surface area contributed by atoms with Crippen molar-refractivity contribution in [3.05, 3.63) is 284 Å². The Labute approximate surface area is 403 Å². The molecule has 0 spiro atoms. The van der Waals surface area contributed by atoms with Crippen LogP contribution in [0.15, 0.2) is 267 Å². The summed E-state index contributed by atoms with van der Waals surface area (Å²) in [5.74, 6) is 0. The molecule has 13 rings (SSSR count). The summed E-state index contributed by atoms with van der Waals surface area (Å²) in [4.78, 5) is 2.44. The summed E-state index contributed by atoms with van der Waals surface area (Å²) in [5.41, 5.74) is 19.3. The minimum absolute atomic E-state index is 0.323. The van der Waals surface area contributed by atoms with E-state index in [1.54, 1.807) is 0 Å². The first-order valence-corrected chi connectivity index (χ1v) is 24.0. The summed E-state index contributed by atoms with van der Waals surface area (Å²) >= 11 is 0. The monoisotopic (exact) mass is 877 g/mol. The molecular weight excluding hydrogens is 831 g/mol. The molecule has 1 unspecified atom stereocenters. The molecule has 1 nitrogen and oxygen atoms in total. The Kier molecular flexibility index (Phi) is 9.70. The van der Waals surface area contributed by atoms with Crippen LogP contribution in [0.1, 0.15) is 23.6 Å². The van der Waals surface area contributed by atoms with Gasteiger partial charge in [-0.25, -0.2) is 0 Å². The fourth-order valence-electron chi connectivity index (χ4n) is 11.3. The second-order valence-electron chi connectivity index (χ2n) is 18.5. The maximum absolute atomic E-state index is 2.45. The molecule has 12 aromatic rings. The summed E-state index contributed by atoms with van der Waals surface area (Å²) in [7, 11) is 0. The van der Waals surface area contributed by atoms with E-state index in [-0.39, 0.29) is 5.41 Å². The Morgan fingerprint density at radius 2 is 0.739 bits per heavy atom. The topological polar surface area (TPSA) is 3.24 Å². The first-order chi connectivity index (χ1) is 34.1. The molecule has 0 aromatic heterocycles. The van der Waals surface area contributed by atoms with Crippen molar-refractivity contribution in [2.24, 2.45) is 0 Å². The molecule has 0 radical (unpaired) electrons. The summed E-state index contributed by atoms with van der Waals surface area (Å²) < 4.78 is 0. The molecule has 0 saturated carbocycles. The third-order valence-electron chi connectivity index (χ3n) is 14.7. The van der Waals surface area contributed by atoms with Crippen LogP contribution >= 0.6 is 0 Å². The molecule has 0 saturated heterocycles. The van der Waals surface area contributed by atoms with E-state index in [1.807, 2.05) is 0 Å². The highest BCUT2D eigenvalue weighted by Gasteiger charge is 2.41. The number of rotatable bonds is 8. The Bertz CT molecular complexity index is 3880. The van der Waals surface area contributed by atoms with Crippen LogP contribution < -0.4 is 4.90 Å². The van der Waals surface area contributed by atoms with E-state index in [4.69, 9.17) is 0 Å². The summed E-state index contributed by atoms with van der Waals surface area (Å²) in [6.07, 6.45) is 0. The van der Waals surface area contributed by atoms with Gasteiger partial charge in [-0.05, 0) is 160 Å². The van der Waals surface area contributed by atoms with Gasteiger partial charge in [0.05, 0.1) is 0 Å². The lowest BCUT2D eigenvalue weighted by Crippen LogP contribution is -2.22. The van der Waals surface area contributed by atoms with E-state index in [1.165, 1.54) is 105 Å². The highest BCUT2D eigenvalue weighted by molar-refractivity contribution is 6.22. The zero-order chi connectivity index (χ0) is 45.9. The molecule has 0 amide bonds. The Hall–Kier alpha value is -8.78. The third-order valence-corrected chi connectivity index (χ3v) is 14.7. The lowest BCUT2D eigenvalue weighted by molar-refractivity contribution is 0.714. The van der Waals surface area contributed by atoms with Crippen LogP contribution in [0.3, 0.4) is 0 Å². The predicted molar refractivity (Wildman–Crippen MR) is 293 cm³/mol. The molecular formula is C68H47N. The molecule has 12 aromatic carbocycles.